The van der Waals surface area contributed by atoms with Crippen LogP contribution in [0.3, 0.4) is 0 Å². The highest BCUT2D eigenvalue weighted by atomic mass is 35.5. The Bertz CT molecular complexity index is 955. The Balaban J connectivity index is 1.55. The van der Waals surface area contributed by atoms with Crippen molar-refractivity contribution in [2.24, 2.45) is 21.6 Å². The average Bonchev–Trinajstić information content (AvgIpc) is 3.12. The van der Waals surface area contributed by atoms with Gasteiger partial charge in [-0.05, 0) is 18.9 Å². The number of ether oxygens (including phenoxy) is 1. The Morgan fingerprint density at radius 1 is 1.33 bits per heavy atom. The molecule has 4 aliphatic rings. The number of hydrogen-bond donors (Lipinski definition) is 2. The normalized spacial score (nSPS) is 25.8. The first-order chi connectivity index (χ1) is 13.0. The van der Waals surface area contributed by atoms with Crippen LogP contribution >= 0.6 is 35.0 Å². The lowest BCUT2D eigenvalue weighted by Gasteiger charge is -2.25. The van der Waals surface area contributed by atoms with Gasteiger partial charge in [0.2, 0.25) is 5.96 Å². The average molecular weight is 423 g/mol. The van der Waals surface area contributed by atoms with E-state index in [0.717, 1.165) is 29.0 Å². The fourth-order valence-corrected chi connectivity index (χ4v) is 5.36. The first-order valence-electron chi connectivity index (χ1n) is 8.77. The number of nitrogens with two attached hydrogens (primary N) is 1. The molecule has 1 aromatic rings. The summed E-state index contributed by atoms with van der Waals surface area (Å²) in [6, 6.07) is 1.63. The predicted octanol–water partition coefficient (Wildman–Crippen LogP) is 3.22. The maximum Gasteiger partial charge on any atom is 0.258 e. The second-order valence-corrected chi connectivity index (χ2v) is 8.83. The summed E-state index contributed by atoms with van der Waals surface area (Å²) in [6.07, 6.45) is 4.72. The third-order valence-electron chi connectivity index (χ3n) is 5.02. The van der Waals surface area contributed by atoms with Crippen LogP contribution < -0.4 is 15.8 Å². The van der Waals surface area contributed by atoms with Crippen molar-refractivity contribution in [1.29, 1.82) is 0 Å². The molecule has 0 bridgehead atoms. The number of aliphatic imine (C=N–C) groups is 2. The number of carbonyl (C=O) groups is 1. The summed E-state index contributed by atoms with van der Waals surface area (Å²) in [5.74, 6) is 0.614. The van der Waals surface area contributed by atoms with E-state index in [9.17, 15) is 4.79 Å². The minimum Gasteiger partial charge on any atom is -0.491 e. The van der Waals surface area contributed by atoms with Crippen LogP contribution in [-0.2, 0) is 11.2 Å². The Kier molecular flexibility index (Phi) is 4.14. The molecule has 9 heteroatoms. The van der Waals surface area contributed by atoms with E-state index in [-0.39, 0.29) is 23.8 Å². The highest BCUT2D eigenvalue weighted by Crippen LogP contribution is 2.49. The largest absolute Gasteiger partial charge is 0.491 e. The molecular weight excluding hydrogens is 407 g/mol. The van der Waals surface area contributed by atoms with Crippen LogP contribution in [0.25, 0.3) is 0 Å². The Hall–Kier alpha value is -1.70. The highest BCUT2D eigenvalue weighted by molar-refractivity contribution is 8.18. The topological polar surface area (TPSA) is 89.1 Å². The molecule has 1 aliphatic carbocycles. The molecule has 140 valence electrons. The third kappa shape index (κ3) is 3.02. The zero-order chi connectivity index (χ0) is 18.7. The zero-order valence-electron chi connectivity index (χ0n) is 14.2. The summed E-state index contributed by atoms with van der Waals surface area (Å²) in [4.78, 5) is 22.0. The van der Waals surface area contributed by atoms with Gasteiger partial charge < -0.3 is 15.8 Å². The van der Waals surface area contributed by atoms with Gasteiger partial charge in [-0.2, -0.15) is 0 Å². The van der Waals surface area contributed by atoms with Gasteiger partial charge >= 0.3 is 0 Å². The number of thioether (sulfide) groups is 1. The Labute approximate surface area is 170 Å². The molecule has 5 rings (SSSR count). The summed E-state index contributed by atoms with van der Waals surface area (Å²) in [5.41, 5.74) is 7.80. The first kappa shape index (κ1) is 17.4. The SMILES string of the molecule is NC1=NC(c2c(Cl)cc(Cl)c3c2CCO3)C2C=C(C(=O)NC3CC3)SC2=N1. The van der Waals surface area contributed by atoms with Gasteiger partial charge in [-0.15, -0.1) is 0 Å². The number of hydrogen-bond acceptors (Lipinski definition) is 6. The molecule has 2 unspecified atom stereocenters. The lowest BCUT2D eigenvalue weighted by atomic mass is 9.89. The van der Waals surface area contributed by atoms with Gasteiger partial charge in [0.25, 0.3) is 5.91 Å². The van der Waals surface area contributed by atoms with Gasteiger partial charge in [0, 0.05) is 28.6 Å². The number of guanidine groups is 1. The second kappa shape index (κ2) is 6.43. The molecule has 2 atom stereocenters. The molecule has 1 amide bonds. The molecule has 3 heterocycles. The minimum atomic E-state index is -0.351. The predicted molar refractivity (Wildman–Crippen MR) is 108 cm³/mol. The van der Waals surface area contributed by atoms with Gasteiger partial charge in [-0.25, -0.2) is 9.98 Å². The minimum absolute atomic E-state index is 0.0623. The van der Waals surface area contributed by atoms with Crippen LogP contribution in [0.5, 0.6) is 5.75 Å². The molecule has 0 spiro atoms. The van der Waals surface area contributed by atoms with E-state index in [1.54, 1.807) is 6.07 Å². The first-order valence-corrected chi connectivity index (χ1v) is 10.3. The number of halogens is 2. The lowest BCUT2D eigenvalue weighted by molar-refractivity contribution is -0.116. The fourth-order valence-electron chi connectivity index (χ4n) is 3.63. The molecule has 6 nitrogen and oxygen atoms in total. The molecule has 1 aromatic carbocycles. The number of rotatable bonds is 3. The molecule has 1 fully saturated rings. The van der Waals surface area contributed by atoms with Crippen molar-refractivity contribution in [3.05, 3.63) is 38.2 Å². The number of amides is 1. The number of nitrogens with zero attached hydrogens (tertiary/aromatic N) is 2. The van der Waals surface area contributed by atoms with Crippen molar-refractivity contribution in [2.75, 3.05) is 6.61 Å². The quantitative estimate of drug-likeness (QED) is 0.782. The zero-order valence-corrected chi connectivity index (χ0v) is 16.5. The van der Waals surface area contributed by atoms with E-state index in [0.29, 0.717) is 39.8 Å². The summed E-state index contributed by atoms with van der Waals surface area (Å²) >= 11 is 14.2. The maximum atomic E-state index is 12.5. The van der Waals surface area contributed by atoms with E-state index in [1.807, 2.05) is 6.08 Å². The van der Waals surface area contributed by atoms with Gasteiger partial charge in [0.1, 0.15) is 5.75 Å². The summed E-state index contributed by atoms with van der Waals surface area (Å²) in [5, 5.41) is 4.81. The van der Waals surface area contributed by atoms with Crippen LogP contribution in [0.2, 0.25) is 10.0 Å². The summed E-state index contributed by atoms with van der Waals surface area (Å²) in [6.45, 7) is 0.555. The number of fused-ring (bicyclic) bond motifs is 2. The van der Waals surface area contributed by atoms with Crippen molar-refractivity contribution in [3.8, 4) is 5.75 Å². The van der Waals surface area contributed by atoms with E-state index in [1.165, 1.54) is 11.8 Å². The van der Waals surface area contributed by atoms with Gasteiger partial charge in [-0.3, -0.25) is 4.79 Å². The van der Waals surface area contributed by atoms with Crippen LogP contribution in [-0.4, -0.2) is 29.6 Å². The van der Waals surface area contributed by atoms with Crippen molar-refractivity contribution < 1.29 is 9.53 Å². The Morgan fingerprint density at radius 3 is 2.93 bits per heavy atom. The van der Waals surface area contributed by atoms with Crippen molar-refractivity contribution in [3.63, 3.8) is 0 Å². The Morgan fingerprint density at radius 2 is 2.15 bits per heavy atom. The molecular formula is C18H16Cl2N4O2S. The van der Waals surface area contributed by atoms with E-state index in [2.05, 4.69) is 15.3 Å². The fraction of sp³-hybridized carbons (Fsp3) is 0.389. The smallest absolute Gasteiger partial charge is 0.258 e. The van der Waals surface area contributed by atoms with Crippen LogP contribution in [0.4, 0.5) is 0 Å². The summed E-state index contributed by atoms with van der Waals surface area (Å²) < 4.78 is 5.68. The van der Waals surface area contributed by atoms with Crippen LogP contribution in [0, 0.1) is 5.92 Å². The molecule has 0 radical (unpaired) electrons. The van der Waals surface area contributed by atoms with Gasteiger partial charge in [0.15, 0.2) is 0 Å². The third-order valence-corrected chi connectivity index (χ3v) is 6.73. The molecule has 27 heavy (non-hydrogen) atoms. The van der Waals surface area contributed by atoms with E-state index in [4.69, 9.17) is 33.7 Å². The standard InChI is InChI=1S/C18H16Cl2N4O2S/c19-10-6-11(20)15-8(3-4-26-15)13(10)14-9-5-12(16(25)22-7-1-2-7)27-17(9)24-18(21)23-14/h5-7,9,14H,1-4H2,(H2,21,23)(H,22,25). The highest BCUT2D eigenvalue weighted by Gasteiger charge is 2.40. The van der Waals surface area contributed by atoms with Gasteiger partial charge in [0.05, 0.1) is 33.5 Å². The van der Waals surface area contributed by atoms with Gasteiger partial charge in [-0.1, -0.05) is 41.0 Å². The lowest BCUT2D eigenvalue weighted by Crippen LogP contribution is -2.26. The molecule has 0 aromatic heterocycles. The number of nitrogens with one attached hydrogen (secondary N) is 1. The van der Waals surface area contributed by atoms with Crippen molar-refractivity contribution >= 4 is 51.9 Å². The second-order valence-electron chi connectivity index (χ2n) is 6.95. The van der Waals surface area contributed by atoms with E-state index < -0.39 is 0 Å². The van der Waals surface area contributed by atoms with Crippen LogP contribution in [0.15, 0.2) is 27.0 Å². The molecule has 1 saturated carbocycles. The van der Waals surface area contributed by atoms with Crippen LogP contribution in [0.1, 0.15) is 30.0 Å². The van der Waals surface area contributed by atoms with Crippen molar-refractivity contribution in [1.82, 2.24) is 5.32 Å². The van der Waals surface area contributed by atoms with Crippen molar-refractivity contribution in [2.45, 2.75) is 31.3 Å². The number of carbonyl (C=O) groups excluding carboxylic acids is 1. The molecule has 3 N–H and O–H groups in total. The summed E-state index contributed by atoms with van der Waals surface area (Å²) in [7, 11) is 0. The molecule has 0 saturated heterocycles. The monoisotopic (exact) mass is 422 g/mol. The van der Waals surface area contributed by atoms with E-state index >= 15 is 0 Å². The maximum absolute atomic E-state index is 12.5. The molecule has 3 aliphatic heterocycles. The number of benzene rings is 1.